The zero-order chi connectivity index (χ0) is 8.27. The van der Waals surface area contributed by atoms with Crippen molar-refractivity contribution >= 4 is 21.8 Å². The molecule has 1 aromatic carbocycles. The summed E-state index contributed by atoms with van der Waals surface area (Å²) in [6.45, 7) is 0. The Labute approximate surface area is 73.5 Å². The lowest BCUT2D eigenvalue weighted by Crippen LogP contribution is -2.13. The largest absolute Gasteiger partial charge is 0.369 e. The minimum absolute atomic E-state index is 0.293. The number of primary amides is 1. The molecule has 0 unspecified atom stereocenters. The van der Waals surface area contributed by atoms with Crippen LogP contribution in [0.3, 0.4) is 0 Å². The molecule has 3 heteroatoms. The number of nitrogens with two attached hydrogens (primary N) is 1. The lowest BCUT2D eigenvalue weighted by Gasteiger charge is -1.98. The van der Waals surface area contributed by atoms with Gasteiger partial charge in [-0.05, 0) is 11.6 Å². The van der Waals surface area contributed by atoms with Gasteiger partial charge in [0.25, 0.3) is 0 Å². The molecule has 0 aliphatic rings. The first-order valence-corrected chi connectivity index (χ1v) is 4.01. The molecule has 0 heterocycles. The van der Waals surface area contributed by atoms with Crippen molar-refractivity contribution < 1.29 is 4.79 Å². The average molecular weight is 214 g/mol. The van der Waals surface area contributed by atoms with Crippen LogP contribution >= 0.6 is 15.9 Å². The van der Waals surface area contributed by atoms with E-state index in [1.165, 1.54) is 0 Å². The van der Waals surface area contributed by atoms with Gasteiger partial charge in [0.2, 0.25) is 5.91 Å². The molecule has 0 radical (unpaired) electrons. The van der Waals surface area contributed by atoms with Gasteiger partial charge in [-0.1, -0.05) is 34.1 Å². The van der Waals surface area contributed by atoms with Crippen molar-refractivity contribution in [3.8, 4) is 0 Å². The molecule has 0 fully saturated rings. The fraction of sp³-hybridized carbons (Fsp3) is 0.125. The molecule has 0 aliphatic carbocycles. The standard InChI is InChI=1S/C8H8BrNO/c9-7-4-2-1-3-6(7)5-8(10)11/h1-4H,5H2,(H2,10,11). The van der Waals surface area contributed by atoms with E-state index in [-0.39, 0.29) is 5.91 Å². The van der Waals surface area contributed by atoms with E-state index in [1.54, 1.807) is 0 Å². The molecule has 0 saturated carbocycles. The summed E-state index contributed by atoms with van der Waals surface area (Å²) < 4.78 is 0.929. The van der Waals surface area contributed by atoms with E-state index < -0.39 is 0 Å². The van der Waals surface area contributed by atoms with Crippen LogP contribution in [-0.4, -0.2) is 5.91 Å². The molecule has 0 bridgehead atoms. The van der Waals surface area contributed by atoms with Gasteiger partial charge in [0.1, 0.15) is 0 Å². The van der Waals surface area contributed by atoms with Crippen molar-refractivity contribution in [2.45, 2.75) is 6.42 Å². The predicted molar refractivity (Wildman–Crippen MR) is 47.0 cm³/mol. The number of benzene rings is 1. The van der Waals surface area contributed by atoms with Gasteiger partial charge in [-0.3, -0.25) is 4.79 Å². The Morgan fingerprint density at radius 3 is 2.64 bits per heavy atom. The third kappa shape index (κ3) is 2.35. The van der Waals surface area contributed by atoms with Gasteiger partial charge in [-0.25, -0.2) is 0 Å². The van der Waals surface area contributed by atoms with E-state index >= 15 is 0 Å². The molecular formula is C8H8BrNO. The lowest BCUT2D eigenvalue weighted by atomic mass is 10.1. The van der Waals surface area contributed by atoms with Crippen molar-refractivity contribution in [2.75, 3.05) is 0 Å². The Bertz CT molecular complexity index is 273. The summed E-state index contributed by atoms with van der Waals surface area (Å²) in [4.78, 5) is 10.5. The highest BCUT2D eigenvalue weighted by Crippen LogP contribution is 2.15. The summed E-state index contributed by atoms with van der Waals surface area (Å²) in [7, 11) is 0. The molecule has 58 valence electrons. The quantitative estimate of drug-likeness (QED) is 0.795. The summed E-state index contributed by atoms with van der Waals surface area (Å²) in [5.41, 5.74) is 5.96. The molecular weight excluding hydrogens is 206 g/mol. The normalized spacial score (nSPS) is 9.55. The van der Waals surface area contributed by atoms with Crippen molar-refractivity contribution in [3.05, 3.63) is 34.3 Å². The van der Waals surface area contributed by atoms with Crippen LogP contribution in [0.4, 0.5) is 0 Å². The van der Waals surface area contributed by atoms with Crippen LogP contribution in [0.15, 0.2) is 28.7 Å². The van der Waals surface area contributed by atoms with Crippen LogP contribution in [0.2, 0.25) is 0 Å². The summed E-state index contributed by atoms with van der Waals surface area (Å²) >= 11 is 3.32. The van der Waals surface area contributed by atoms with Gasteiger partial charge in [-0.15, -0.1) is 0 Å². The number of halogens is 1. The number of hydrogen-bond acceptors (Lipinski definition) is 1. The van der Waals surface area contributed by atoms with Gasteiger partial charge < -0.3 is 5.73 Å². The number of rotatable bonds is 2. The second-order valence-electron chi connectivity index (χ2n) is 2.23. The molecule has 1 rings (SSSR count). The number of amides is 1. The van der Waals surface area contributed by atoms with E-state index in [0.717, 1.165) is 10.0 Å². The highest BCUT2D eigenvalue weighted by Gasteiger charge is 2.00. The second kappa shape index (κ2) is 3.53. The van der Waals surface area contributed by atoms with Crippen molar-refractivity contribution in [3.63, 3.8) is 0 Å². The van der Waals surface area contributed by atoms with E-state index in [1.807, 2.05) is 24.3 Å². The number of carbonyl (C=O) groups is 1. The molecule has 1 amide bonds. The molecule has 0 saturated heterocycles. The van der Waals surface area contributed by atoms with E-state index in [4.69, 9.17) is 5.73 Å². The Hall–Kier alpha value is -0.830. The summed E-state index contributed by atoms with van der Waals surface area (Å²) in [5, 5.41) is 0. The number of hydrogen-bond donors (Lipinski definition) is 1. The minimum Gasteiger partial charge on any atom is -0.369 e. The highest BCUT2D eigenvalue weighted by molar-refractivity contribution is 9.10. The predicted octanol–water partition coefficient (Wildman–Crippen LogP) is 1.48. The third-order valence-corrected chi connectivity index (χ3v) is 2.10. The second-order valence-corrected chi connectivity index (χ2v) is 3.09. The van der Waals surface area contributed by atoms with Gasteiger partial charge in [-0.2, -0.15) is 0 Å². The van der Waals surface area contributed by atoms with Crippen molar-refractivity contribution in [1.29, 1.82) is 0 Å². The Morgan fingerprint density at radius 1 is 1.45 bits per heavy atom. The van der Waals surface area contributed by atoms with E-state index in [0.29, 0.717) is 6.42 Å². The third-order valence-electron chi connectivity index (χ3n) is 1.32. The highest BCUT2D eigenvalue weighted by atomic mass is 79.9. The maximum Gasteiger partial charge on any atom is 0.221 e. The van der Waals surface area contributed by atoms with Gasteiger partial charge >= 0.3 is 0 Å². The molecule has 2 N–H and O–H groups in total. The van der Waals surface area contributed by atoms with Gasteiger partial charge in [0, 0.05) is 4.47 Å². The first-order chi connectivity index (χ1) is 5.20. The maximum atomic E-state index is 10.5. The Kier molecular flexibility index (Phi) is 2.65. The number of carbonyl (C=O) groups excluding carboxylic acids is 1. The molecule has 1 aromatic rings. The molecule has 0 aliphatic heterocycles. The molecule has 11 heavy (non-hydrogen) atoms. The van der Waals surface area contributed by atoms with Gasteiger partial charge in [0.15, 0.2) is 0 Å². The fourth-order valence-corrected chi connectivity index (χ4v) is 1.25. The molecule has 0 aromatic heterocycles. The van der Waals surface area contributed by atoms with Crippen molar-refractivity contribution in [2.24, 2.45) is 5.73 Å². The summed E-state index contributed by atoms with van der Waals surface area (Å²) in [6, 6.07) is 7.53. The van der Waals surface area contributed by atoms with Gasteiger partial charge in [0.05, 0.1) is 6.42 Å². The van der Waals surface area contributed by atoms with Crippen LogP contribution in [0.25, 0.3) is 0 Å². The Balaban J connectivity index is 2.86. The first-order valence-electron chi connectivity index (χ1n) is 3.22. The van der Waals surface area contributed by atoms with Crippen LogP contribution in [0.5, 0.6) is 0 Å². The molecule has 0 spiro atoms. The summed E-state index contributed by atoms with van der Waals surface area (Å²) in [6.07, 6.45) is 0.293. The van der Waals surface area contributed by atoms with Crippen LogP contribution in [0, 0.1) is 0 Å². The topological polar surface area (TPSA) is 43.1 Å². The fourth-order valence-electron chi connectivity index (χ4n) is 0.829. The molecule has 2 nitrogen and oxygen atoms in total. The van der Waals surface area contributed by atoms with Crippen LogP contribution in [-0.2, 0) is 11.2 Å². The molecule has 0 atom stereocenters. The van der Waals surface area contributed by atoms with Crippen LogP contribution < -0.4 is 5.73 Å². The lowest BCUT2D eigenvalue weighted by molar-refractivity contribution is -0.117. The van der Waals surface area contributed by atoms with E-state index in [2.05, 4.69) is 15.9 Å². The zero-order valence-electron chi connectivity index (χ0n) is 5.88. The smallest absolute Gasteiger partial charge is 0.221 e. The average Bonchev–Trinajstić information content (AvgIpc) is 1.93. The SMILES string of the molecule is NC(=O)Cc1ccccc1Br. The maximum absolute atomic E-state index is 10.5. The Morgan fingerprint density at radius 2 is 2.09 bits per heavy atom. The first kappa shape index (κ1) is 8.27. The van der Waals surface area contributed by atoms with Crippen molar-refractivity contribution in [1.82, 2.24) is 0 Å². The zero-order valence-corrected chi connectivity index (χ0v) is 7.47. The van der Waals surface area contributed by atoms with E-state index in [9.17, 15) is 4.79 Å². The summed E-state index contributed by atoms with van der Waals surface area (Å²) in [5.74, 6) is -0.308. The van der Waals surface area contributed by atoms with Crippen LogP contribution in [0.1, 0.15) is 5.56 Å². The minimum atomic E-state index is -0.308. The monoisotopic (exact) mass is 213 g/mol.